The zero-order valence-electron chi connectivity index (χ0n) is 19.6. The number of nitrogens with zero attached hydrogens (tertiary/aromatic N) is 2. The Kier molecular flexibility index (Phi) is 6.08. The van der Waals surface area contributed by atoms with E-state index in [1.165, 1.54) is 41.7 Å². The molecule has 0 bridgehead atoms. The number of carbonyl (C=O) groups is 2. The van der Waals surface area contributed by atoms with Gasteiger partial charge in [-0.2, -0.15) is 0 Å². The van der Waals surface area contributed by atoms with Crippen molar-refractivity contribution in [2.24, 2.45) is 0 Å². The molecule has 5 nitrogen and oxygen atoms in total. The van der Waals surface area contributed by atoms with E-state index in [-0.39, 0.29) is 23.9 Å². The van der Waals surface area contributed by atoms with E-state index in [4.69, 9.17) is 0 Å². The Morgan fingerprint density at radius 3 is 2.41 bits per heavy atom. The number of fused-ring (bicyclic) bond motifs is 3. The molecule has 2 aliphatic carbocycles. The molecule has 2 fully saturated rings. The Labute approximate surface area is 195 Å². The number of amides is 2. The van der Waals surface area contributed by atoms with Crippen LogP contribution < -0.4 is 5.32 Å². The summed E-state index contributed by atoms with van der Waals surface area (Å²) in [5.74, 6) is 0.0879. The molecule has 1 aliphatic heterocycles. The van der Waals surface area contributed by atoms with E-state index >= 15 is 0 Å². The smallest absolute Gasteiger partial charge is 0.271 e. The van der Waals surface area contributed by atoms with Crippen molar-refractivity contribution in [3.05, 3.63) is 22.7 Å². The van der Waals surface area contributed by atoms with Crippen LogP contribution in [0.5, 0.6) is 0 Å². The maximum Gasteiger partial charge on any atom is 0.271 e. The Bertz CT molecular complexity index is 994. The molecule has 2 aromatic heterocycles. The molecule has 5 rings (SSSR count). The fourth-order valence-corrected chi connectivity index (χ4v) is 7.24. The zero-order chi connectivity index (χ0) is 22.3. The molecule has 0 radical (unpaired) electrons. The standard InChI is InChI=1S/C26H37N3O2S/c1-3-20-15-21-23(32-20)16-22-24(30)29(19-13-9-6-10-14-19)26(2,17-28(21)22)25(31)27-18-11-7-4-5-8-12-18/h15-16,18-19H,3-14,17H2,1-2H3,(H,27,31)/t26-/m1/s1. The van der Waals surface area contributed by atoms with E-state index in [9.17, 15) is 9.59 Å². The summed E-state index contributed by atoms with van der Waals surface area (Å²) in [7, 11) is 0. The van der Waals surface area contributed by atoms with E-state index in [1.807, 2.05) is 11.8 Å². The van der Waals surface area contributed by atoms with Crippen molar-refractivity contribution >= 4 is 33.4 Å². The third kappa shape index (κ3) is 3.78. The van der Waals surface area contributed by atoms with Crippen molar-refractivity contribution in [2.75, 3.05) is 0 Å². The number of thiophene rings is 1. The molecule has 0 spiro atoms. The average molecular weight is 456 g/mol. The number of hydrogen-bond donors (Lipinski definition) is 1. The van der Waals surface area contributed by atoms with Gasteiger partial charge >= 0.3 is 0 Å². The van der Waals surface area contributed by atoms with E-state index < -0.39 is 5.54 Å². The van der Waals surface area contributed by atoms with Crippen LogP contribution in [0.1, 0.15) is 99.8 Å². The molecule has 3 heterocycles. The lowest BCUT2D eigenvalue weighted by atomic mass is 9.86. The maximum atomic E-state index is 13.9. The van der Waals surface area contributed by atoms with E-state index in [0.29, 0.717) is 6.54 Å². The molecule has 2 amide bonds. The molecule has 0 saturated heterocycles. The van der Waals surface area contributed by atoms with Gasteiger partial charge in [0.15, 0.2) is 0 Å². The summed E-state index contributed by atoms with van der Waals surface area (Å²) in [4.78, 5) is 31.2. The van der Waals surface area contributed by atoms with Crippen LogP contribution in [0.25, 0.3) is 10.2 Å². The van der Waals surface area contributed by atoms with Gasteiger partial charge < -0.3 is 14.8 Å². The average Bonchev–Trinajstić information content (AvgIpc) is 3.23. The van der Waals surface area contributed by atoms with Crippen LogP contribution >= 0.6 is 11.3 Å². The summed E-state index contributed by atoms with van der Waals surface area (Å²) < 4.78 is 3.31. The Balaban J connectivity index is 1.52. The van der Waals surface area contributed by atoms with Crippen LogP contribution in [0.4, 0.5) is 0 Å². The summed E-state index contributed by atoms with van der Waals surface area (Å²) in [6, 6.07) is 4.69. The van der Waals surface area contributed by atoms with E-state index in [1.54, 1.807) is 11.3 Å². The first-order chi connectivity index (χ1) is 15.5. The van der Waals surface area contributed by atoms with Crippen molar-refractivity contribution in [2.45, 2.75) is 115 Å². The molecule has 1 atom stereocenters. The molecule has 32 heavy (non-hydrogen) atoms. The van der Waals surface area contributed by atoms with Gasteiger partial charge in [0.1, 0.15) is 11.2 Å². The van der Waals surface area contributed by atoms with E-state index in [0.717, 1.165) is 56.2 Å². The minimum absolute atomic E-state index is 0.0433. The first kappa shape index (κ1) is 22.0. The van der Waals surface area contributed by atoms with Gasteiger partial charge in [-0.25, -0.2) is 0 Å². The largest absolute Gasteiger partial charge is 0.351 e. The number of nitrogens with one attached hydrogen (secondary N) is 1. The molecular weight excluding hydrogens is 418 g/mol. The molecule has 1 N–H and O–H groups in total. The van der Waals surface area contributed by atoms with Crippen LogP contribution in [0, 0.1) is 0 Å². The second kappa shape index (κ2) is 8.85. The topological polar surface area (TPSA) is 54.3 Å². The maximum absolute atomic E-state index is 13.9. The second-order valence-corrected chi connectivity index (χ2v) is 11.5. The first-order valence-electron chi connectivity index (χ1n) is 12.8. The van der Waals surface area contributed by atoms with Gasteiger partial charge in [0.25, 0.3) is 5.91 Å². The normalized spacial score (nSPS) is 25.7. The fraction of sp³-hybridized carbons (Fsp3) is 0.692. The Morgan fingerprint density at radius 1 is 1.06 bits per heavy atom. The van der Waals surface area contributed by atoms with Crippen LogP contribution in [-0.4, -0.2) is 38.9 Å². The first-order valence-corrected chi connectivity index (χ1v) is 13.6. The van der Waals surface area contributed by atoms with Crippen molar-refractivity contribution in [3.8, 4) is 0 Å². The predicted octanol–water partition coefficient (Wildman–Crippen LogP) is 5.65. The van der Waals surface area contributed by atoms with Gasteiger partial charge in [-0.05, 0) is 51.2 Å². The van der Waals surface area contributed by atoms with Gasteiger partial charge in [-0.1, -0.05) is 51.9 Å². The highest BCUT2D eigenvalue weighted by molar-refractivity contribution is 7.19. The molecule has 2 saturated carbocycles. The van der Waals surface area contributed by atoms with Gasteiger partial charge in [-0.3, -0.25) is 9.59 Å². The van der Waals surface area contributed by atoms with Crippen molar-refractivity contribution in [1.29, 1.82) is 0 Å². The highest BCUT2D eigenvalue weighted by Crippen LogP contribution is 2.39. The number of hydrogen-bond acceptors (Lipinski definition) is 3. The lowest BCUT2D eigenvalue weighted by Gasteiger charge is -2.49. The number of carbonyl (C=O) groups excluding carboxylic acids is 2. The zero-order valence-corrected chi connectivity index (χ0v) is 20.4. The Hall–Kier alpha value is -1.82. The highest BCUT2D eigenvalue weighted by atomic mass is 32.1. The van der Waals surface area contributed by atoms with E-state index in [2.05, 4.69) is 28.9 Å². The minimum Gasteiger partial charge on any atom is -0.351 e. The fourth-order valence-electron chi connectivity index (χ4n) is 6.20. The minimum atomic E-state index is -0.849. The third-order valence-electron chi connectivity index (χ3n) is 8.04. The van der Waals surface area contributed by atoms with Crippen LogP contribution in [0.15, 0.2) is 12.1 Å². The lowest BCUT2D eigenvalue weighted by Crippen LogP contribution is -2.67. The molecule has 2 aromatic rings. The molecular formula is C26H37N3O2S. The molecule has 0 unspecified atom stereocenters. The summed E-state index contributed by atoms with van der Waals surface area (Å²) in [6.07, 6.45) is 13.5. The van der Waals surface area contributed by atoms with Crippen molar-refractivity contribution < 1.29 is 9.59 Å². The van der Waals surface area contributed by atoms with Crippen LogP contribution in [-0.2, 0) is 17.8 Å². The van der Waals surface area contributed by atoms with Crippen molar-refractivity contribution in [1.82, 2.24) is 14.8 Å². The van der Waals surface area contributed by atoms with Crippen LogP contribution in [0.2, 0.25) is 0 Å². The quantitative estimate of drug-likeness (QED) is 0.606. The predicted molar refractivity (Wildman–Crippen MR) is 130 cm³/mol. The highest BCUT2D eigenvalue weighted by Gasteiger charge is 2.50. The molecule has 6 heteroatoms. The van der Waals surface area contributed by atoms with Gasteiger partial charge in [0, 0.05) is 17.0 Å². The Morgan fingerprint density at radius 2 is 1.72 bits per heavy atom. The second-order valence-electron chi connectivity index (χ2n) is 10.3. The van der Waals surface area contributed by atoms with Gasteiger partial charge in [0.05, 0.1) is 16.8 Å². The number of aromatic nitrogens is 1. The summed E-state index contributed by atoms with van der Waals surface area (Å²) in [5.41, 5.74) is 1.03. The van der Waals surface area contributed by atoms with Gasteiger partial charge in [0.2, 0.25) is 5.91 Å². The summed E-state index contributed by atoms with van der Waals surface area (Å²) in [6.45, 7) is 4.74. The number of aryl methyl sites for hydroxylation is 1. The lowest BCUT2D eigenvalue weighted by molar-refractivity contribution is -0.135. The molecule has 0 aromatic carbocycles. The molecule has 3 aliphatic rings. The molecule has 174 valence electrons. The summed E-state index contributed by atoms with van der Waals surface area (Å²) >= 11 is 1.78. The SMILES string of the molecule is CCc1cc2c(cc3n2C[C@](C)(C(=O)NC2CCCCCC2)N(C2CCCCC2)C3=O)s1. The monoisotopic (exact) mass is 455 g/mol. The van der Waals surface area contributed by atoms with Crippen LogP contribution in [0.3, 0.4) is 0 Å². The number of rotatable bonds is 4. The summed E-state index contributed by atoms with van der Waals surface area (Å²) in [5, 5.41) is 3.40. The van der Waals surface area contributed by atoms with Gasteiger partial charge in [-0.15, -0.1) is 11.3 Å². The van der Waals surface area contributed by atoms with Crippen molar-refractivity contribution in [3.63, 3.8) is 0 Å². The third-order valence-corrected chi connectivity index (χ3v) is 9.26.